The molecule has 90 valence electrons. The van der Waals surface area contributed by atoms with Gasteiger partial charge in [0.2, 0.25) is 0 Å². The summed E-state index contributed by atoms with van der Waals surface area (Å²) in [6.07, 6.45) is 0.614. The van der Waals surface area contributed by atoms with Crippen LogP contribution in [-0.2, 0) is 6.42 Å². The zero-order chi connectivity index (χ0) is 12.3. The molecule has 3 heteroatoms. The minimum Gasteiger partial charge on any atom is -0.497 e. The van der Waals surface area contributed by atoms with Gasteiger partial charge in [-0.15, -0.1) is 0 Å². The van der Waals surface area contributed by atoms with Crippen molar-refractivity contribution in [1.82, 2.24) is 0 Å². The highest BCUT2D eigenvalue weighted by atomic mass is 79.9. The van der Waals surface area contributed by atoms with E-state index in [1.807, 2.05) is 39.0 Å². The first-order chi connectivity index (χ1) is 7.36. The molecule has 0 bridgehead atoms. The lowest BCUT2D eigenvalue weighted by atomic mass is 9.86. The summed E-state index contributed by atoms with van der Waals surface area (Å²) in [5.41, 5.74) is 0.368. The summed E-state index contributed by atoms with van der Waals surface area (Å²) in [6, 6.07) is 5.81. The zero-order valence-corrected chi connectivity index (χ0v) is 11.8. The first-order valence-electron chi connectivity index (χ1n) is 5.41. The average molecular weight is 287 g/mol. The van der Waals surface area contributed by atoms with Crippen LogP contribution in [0.5, 0.6) is 5.75 Å². The summed E-state index contributed by atoms with van der Waals surface area (Å²) in [4.78, 5) is 0. The van der Waals surface area contributed by atoms with Crippen LogP contribution in [0.4, 0.5) is 0 Å². The maximum atomic E-state index is 10.3. The molecule has 1 aromatic rings. The summed E-state index contributed by atoms with van der Waals surface area (Å²) in [7, 11) is 1.65. The van der Waals surface area contributed by atoms with Crippen LogP contribution in [0.3, 0.4) is 0 Å². The van der Waals surface area contributed by atoms with Crippen molar-refractivity contribution in [2.75, 3.05) is 7.11 Å². The van der Waals surface area contributed by atoms with Crippen molar-refractivity contribution >= 4 is 15.9 Å². The van der Waals surface area contributed by atoms with Gasteiger partial charge >= 0.3 is 0 Å². The molecule has 0 heterocycles. The van der Waals surface area contributed by atoms with E-state index in [2.05, 4.69) is 15.9 Å². The highest BCUT2D eigenvalue weighted by Gasteiger charge is 2.26. The summed E-state index contributed by atoms with van der Waals surface area (Å²) in [6.45, 7) is 5.91. The molecule has 1 aromatic carbocycles. The van der Waals surface area contributed by atoms with Crippen molar-refractivity contribution in [1.29, 1.82) is 0 Å². The minimum absolute atomic E-state index is 0.214. The van der Waals surface area contributed by atoms with Crippen molar-refractivity contribution in [2.24, 2.45) is 5.92 Å². The van der Waals surface area contributed by atoms with Gasteiger partial charge in [-0.2, -0.15) is 0 Å². The molecule has 0 saturated carbocycles. The van der Waals surface area contributed by atoms with E-state index in [1.165, 1.54) is 0 Å². The van der Waals surface area contributed by atoms with E-state index < -0.39 is 5.60 Å². The van der Waals surface area contributed by atoms with Crippen LogP contribution in [0.1, 0.15) is 26.3 Å². The van der Waals surface area contributed by atoms with Crippen molar-refractivity contribution in [3.8, 4) is 5.75 Å². The van der Waals surface area contributed by atoms with Crippen molar-refractivity contribution < 1.29 is 9.84 Å². The average Bonchev–Trinajstić information content (AvgIpc) is 2.21. The number of methoxy groups -OCH3 is 1. The van der Waals surface area contributed by atoms with E-state index in [9.17, 15) is 5.11 Å². The second-order valence-electron chi connectivity index (χ2n) is 4.65. The number of rotatable bonds is 4. The zero-order valence-electron chi connectivity index (χ0n) is 10.2. The van der Waals surface area contributed by atoms with E-state index >= 15 is 0 Å². The van der Waals surface area contributed by atoms with E-state index in [0.29, 0.717) is 6.42 Å². The van der Waals surface area contributed by atoms with Gasteiger partial charge in [0.05, 0.1) is 12.7 Å². The predicted octanol–water partition coefficient (Wildman–Crippen LogP) is 3.41. The second-order valence-corrected chi connectivity index (χ2v) is 5.50. The molecule has 0 fully saturated rings. The lowest BCUT2D eigenvalue weighted by Gasteiger charge is -2.28. The molecular weight excluding hydrogens is 268 g/mol. The molecule has 0 amide bonds. The van der Waals surface area contributed by atoms with Crippen molar-refractivity contribution in [3.05, 3.63) is 28.2 Å². The van der Waals surface area contributed by atoms with Gasteiger partial charge < -0.3 is 9.84 Å². The molecule has 2 nitrogen and oxygen atoms in total. The smallest absolute Gasteiger partial charge is 0.119 e. The molecule has 0 aliphatic carbocycles. The molecule has 1 unspecified atom stereocenters. The summed E-state index contributed by atoms with van der Waals surface area (Å²) in [5.74, 6) is 1.03. The van der Waals surface area contributed by atoms with E-state index in [0.717, 1.165) is 15.8 Å². The Balaban J connectivity index is 2.96. The molecule has 0 radical (unpaired) electrons. The van der Waals surface area contributed by atoms with Gasteiger partial charge in [0.1, 0.15) is 5.75 Å². The summed E-state index contributed by atoms with van der Waals surface area (Å²) >= 11 is 3.49. The minimum atomic E-state index is -0.700. The van der Waals surface area contributed by atoms with Crippen LogP contribution in [0, 0.1) is 5.92 Å². The first kappa shape index (κ1) is 13.5. The second kappa shape index (κ2) is 5.19. The molecule has 0 spiro atoms. The molecule has 16 heavy (non-hydrogen) atoms. The molecular formula is C13H19BrO2. The quantitative estimate of drug-likeness (QED) is 0.919. The standard InChI is InChI=1S/C13H19BrO2/c1-9(2)13(3,15)8-10-7-11(16-4)5-6-12(10)14/h5-7,9,15H,8H2,1-4H3. The highest BCUT2D eigenvalue weighted by Crippen LogP contribution is 2.29. The van der Waals surface area contributed by atoms with Crippen LogP contribution >= 0.6 is 15.9 Å². The van der Waals surface area contributed by atoms with Gasteiger partial charge in [-0.25, -0.2) is 0 Å². The molecule has 1 rings (SSSR count). The highest BCUT2D eigenvalue weighted by molar-refractivity contribution is 9.10. The lowest BCUT2D eigenvalue weighted by Crippen LogP contribution is -2.33. The summed E-state index contributed by atoms with van der Waals surface area (Å²) in [5, 5.41) is 10.3. The van der Waals surface area contributed by atoms with Gasteiger partial charge in [-0.1, -0.05) is 29.8 Å². The molecule has 0 saturated heterocycles. The van der Waals surface area contributed by atoms with Gasteiger partial charge in [0.15, 0.2) is 0 Å². The van der Waals surface area contributed by atoms with Gasteiger partial charge in [-0.3, -0.25) is 0 Å². The Labute approximate surface area is 106 Å². The largest absolute Gasteiger partial charge is 0.497 e. The van der Waals surface area contributed by atoms with E-state index in [4.69, 9.17) is 4.74 Å². The third kappa shape index (κ3) is 3.22. The third-order valence-corrected chi connectivity index (χ3v) is 3.82. The van der Waals surface area contributed by atoms with Crippen LogP contribution in [-0.4, -0.2) is 17.8 Å². The molecule has 0 aromatic heterocycles. The number of hydrogen-bond acceptors (Lipinski definition) is 2. The van der Waals surface area contributed by atoms with Crippen LogP contribution in [0.25, 0.3) is 0 Å². The van der Waals surface area contributed by atoms with Crippen LogP contribution < -0.4 is 4.74 Å². The summed E-state index contributed by atoms with van der Waals surface area (Å²) < 4.78 is 6.19. The molecule has 0 aliphatic heterocycles. The number of hydrogen-bond donors (Lipinski definition) is 1. The molecule has 1 atom stereocenters. The van der Waals surface area contributed by atoms with Gasteiger partial charge in [0.25, 0.3) is 0 Å². The number of ether oxygens (including phenoxy) is 1. The lowest BCUT2D eigenvalue weighted by molar-refractivity contribution is 0.0138. The predicted molar refractivity (Wildman–Crippen MR) is 69.9 cm³/mol. The topological polar surface area (TPSA) is 29.5 Å². The van der Waals surface area contributed by atoms with E-state index in [1.54, 1.807) is 7.11 Å². The van der Waals surface area contributed by atoms with Crippen LogP contribution in [0.2, 0.25) is 0 Å². The van der Waals surface area contributed by atoms with Crippen molar-refractivity contribution in [2.45, 2.75) is 32.8 Å². The first-order valence-corrected chi connectivity index (χ1v) is 6.21. The fourth-order valence-corrected chi connectivity index (χ4v) is 1.79. The van der Waals surface area contributed by atoms with Crippen molar-refractivity contribution in [3.63, 3.8) is 0 Å². The van der Waals surface area contributed by atoms with Gasteiger partial charge in [-0.05, 0) is 36.6 Å². The fourth-order valence-electron chi connectivity index (χ4n) is 1.40. The Morgan fingerprint density at radius 3 is 2.56 bits per heavy atom. The maximum absolute atomic E-state index is 10.3. The number of benzene rings is 1. The Morgan fingerprint density at radius 1 is 1.44 bits per heavy atom. The Kier molecular flexibility index (Phi) is 4.39. The Hall–Kier alpha value is -0.540. The SMILES string of the molecule is COc1ccc(Br)c(CC(C)(O)C(C)C)c1. The van der Waals surface area contributed by atoms with Gasteiger partial charge in [0, 0.05) is 10.9 Å². The Morgan fingerprint density at radius 2 is 2.06 bits per heavy atom. The fraction of sp³-hybridized carbons (Fsp3) is 0.538. The monoisotopic (exact) mass is 286 g/mol. The molecule has 1 N–H and O–H groups in total. The van der Waals surface area contributed by atoms with E-state index in [-0.39, 0.29) is 5.92 Å². The third-order valence-electron chi connectivity index (χ3n) is 3.05. The number of halogens is 1. The Bertz CT molecular complexity index is 359. The maximum Gasteiger partial charge on any atom is 0.119 e. The molecule has 0 aliphatic rings. The normalized spacial score (nSPS) is 14.9. The van der Waals surface area contributed by atoms with Crippen LogP contribution in [0.15, 0.2) is 22.7 Å². The number of aliphatic hydroxyl groups is 1.